The van der Waals surface area contributed by atoms with Gasteiger partial charge in [0.1, 0.15) is 22.3 Å². The van der Waals surface area contributed by atoms with E-state index >= 15 is 0 Å². The zero-order chi connectivity index (χ0) is 25.8. The van der Waals surface area contributed by atoms with Crippen LogP contribution in [0.25, 0.3) is 6.08 Å². The van der Waals surface area contributed by atoms with Crippen LogP contribution in [0.1, 0.15) is 11.1 Å². The third-order valence-electron chi connectivity index (χ3n) is 4.63. The average Bonchev–Trinajstić information content (AvgIpc) is 2.81. The van der Waals surface area contributed by atoms with Crippen molar-refractivity contribution >= 4 is 56.7 Å². The van der Waals surface area contributed by atoms with Crippen molar-refractivity contribution in [3.05, 3.63) is 97.5 Å². The number of halogens is 2. The molecule has 12 heteroatoms. The Labute approximate surface area is 210 Å². The van der Waals surface area contributed by atoms with Gasteiger partial charge in [0.05, 0.1) is 20.7 Å². The van der Waals surface area contributed by atoms with E-state index in [0.29, 0.717) is 11.1 Å². The molecule has 0 saturated carbocycles. The van der Waals surface area contributed by atoms with E-state index in [1.165, 1.54) is 55.5 Å². The third-order valence-corrected chi connectivity index (χ3v) is 6.69. The van der Waals surface area contributed by atoms with Crippen LogP contribution in [0, 0.1) is 28.4 Å². The van der Waals surface area contributed by atoms with Crippen LogP contribution in [0.2, 0.25) is 10.0 Å². The number of benzene rings is 3. The summed E-state index contributed by atoms with van der Waals surface area (Å²) in [7, 11) is -4.34. The second-order valence-electron chi connectivity index (χ2n) is 7.04. The van der Waals surface area contributed by atoms with Crippen LogP contribution in [0.5, 0.6) is 5.75 Å². The largest absolute Gasteiger partial charge is 0.379 e. The van der Waals surface area contributed by atoms with Crippen molar-refractivity contribution in [3.63, 3.8) is 0 Å². The minimum atomic E-state index is -4.34. The lowest BCUT2D eigenvalue weighted by molar-refractivity contribution is -0.385. The van der Waals surface area contributed by atoms with Gasteiger partial charge in [0.15, 0.2) is 0 Å². The predicted molar refractivity (Wildman–Crippen MR) is 131 cm³/mol. The van der Waals surface area contributed by atoms with Gasteiger partial charge in [-0.3, -0.25) is 14.9 Å². The summed E-state index contributed by atoms with van der Waals surface area (Å²) < 4.78 is 30.1. The lowest BCUT2D eigenvalue weighted by Crippen LogP contribution is -2.13. The van der Waals surface area contributed by atoms with Gasteiger partial charge in [0.25, 0.3) is 11.6 Å². The highest BCUT2D eigenvalue weighted by molar-refractivity contribution is 7.87. The lowest BCUT2D eigenvalue weighted by atomic mass is 10.1. The highest BCUT2D eigenvalue weighted by Crippen LogP contribution is 2.30. The molecule has 0 radical (unpaired) electrons. The van der Waals surface area contributed by atoms with Gasteiger partial charge >= 0.3 is 10.1 Å². The molecule has 1 amide bonds. The van der Waals surface area contributed by atoms with Crippen molar-refractivity contribution < 1.29 is 22.3 Å². The van der Waals surface area contributed by atoms with E-state index in [4.69, 9.17) is 27.4 Å². The van der Waals surface area contributed by atoms with E-state index in [2.05, 4.69) is 5.32 Å². The summed E-state index contributed by atoms with van der Waals surface area (Å²) in [6, 6.07) is 15.4. The summed E-state index contributed by atoms with van der Waals surface area (Å²) in [6.07, 6.45) is 1.29. The Balaban J connectivity index is 1.78. The van der Waals surface area contributed by atoms with Crippen molar-refractivity contribution in [2.24, 2.45) is 0 Å². The van der Waals surface area contributed by atoms with Crippen LogP contribution >= 0.6 is 23.2 Å². The quantitative estimate of drug-likeness (QED) is 0.139. The molecule has 0 fully saturated rings. The van der Waals surface area contributed by atoms with Crippen LogP contribution in [0.4, 0.5) is 11.4 Å². The van der Waals surface area contributed by atoms with Crippen LogP contribution in [-0.4, -0.2) is 19.2 Å². The number of carbonyl (C=O) groups is 1. The first-order valence-corrected chi connectivity index (χ1v) is 11.8. The second kappa shape index (κ2) is 10.6. The standard InChI is InChI=1S/C23H15Cl2N3O6S/c1-14-5-10-18(12-21(14)28(30)31)35(32,33)34-17-8-6-15(7-9-17)11-16(13-26)23(29)27-20-4-2-3-19(24)22(20)25/h2-12H,1H3,(H,27,29)/b16-11+. The first-order valence-electron chi connectivity index (χ1n) is 9.68. The van der Waals surface area contributed by atoms with Crippen LogP contribution < -0.4 is 9.50 Å². The number of anilines is 1. The first kappa shape index (κ1) is 25.7. The van der Waals surface area contributed by atoms with Crippen molar-refractivity contribution in [1.29, 1.82) is 5.26 Å². The Morgan fingerprint density at radius 2 is 1.83 bits per heavy atom. The lowest BCUT2D eigenvalue weighted by Gasteiger charge is -2.09. The monoisotopic (exact) mass is 531 g/mol. The molecule has 0 spiro atoms. The van der Waals surface area contributed by atoms with Crippen molar-refractivity contribution in [3.8, 4) is 11.8 Å². The summed E-state index contributed by atoms with van der Waals surface area (Å²) >= 11 is 12.0. The molecule has 0 aliphatic heterocycles. The van der Waals surface area contributed by atoms with Crippen LogP contribution in [0.15, 0.2) is 71.1 Å². The fourth-order valence-electron chi connectivity index (χ4n) is 2.84. The third kappa shape index (κ3) is 6.16. The molecule has 0 heterocycles. The first-order chi connectivity index (χ1) is 16.5. The highest BCUT2D eigenvalue weighted by Gasteiger charge is 2.22. The number of carbonyl (C=O) groups excluding carboxylic acids is 1. The molecule has 3 rings (SSSR count). The topological polar surface area (TPSA) is 139 Å². The number of hydrogen-bond donors (Lipinski definition) is 1. The molecular weight excluding hydrogens is 517 g/mol. The fourth-order valence-corrected chi connectivity index (χ4v) is 4.14. The zero-order valence-electron chi connectivity index (χ0n) is 17.9. The number of nitro benzene ring substituents is 1. The fraction of sp³-hybridized carbons (Fsp3) is 0.0435. The maximum Gasteiger partial charge on any atom is 0.339 e. The van der Waals surface area contributed by atoms with Gasteiger partial charge in [0, 0.05) is 11.6 Å². The van der Waals surface area contributed by atoms with E-state index in [9.17, 15) is 28.6 Å². The molecule has 0 aliphatic rings. The number of aryl methyl sites for hydroxylation is 1. The Bertz CT molecular complexity index is 1500. The Morgan fingerprint density at radius 3 is 2.46 bits per heavy atom. The highest BCUT2D eigenvalue weighted by atomic mass is 35.5. The number of nitrogens with one attached hydrogen (secondary N) is 1. The van der Waals surface area contributed by atoms with Crippen molar-refractivity contribution in [1.82, 2.24) is 0 Å². The molecular formula is C23H15Cl2N3O6S. The molecule has 9 nitrogen and oxygen atoms in total. The second-order valence-corrected chi connectivity index (χ2v) is 9.37. The van der Waals surface area contributed by atoms with E-state index in [1.807, 2.05) is 0 Å². The molecule has 0 saturated heterocycles. The van der Waals surface area contributed by atoms with E-state index in [1.54, 1.807) is 18.2 Å². The maximum atomic E-state index is 12.5. The predicted octanol–water partition coefficient (Wildman–Crippen LogP) is 5.52. The minimum absolute atomic E-state index is 0.0703. The molecule has 0 atom stereocenters. The van der Waals surface area contributed by atoms with Gasteiger partial charge in [-0.25, -0.2) is 0 Å². The van der Waals surface area contributed by atoms with Gasteiger partial charge in [-0.05, 0) is 48.9 Å². The average molecular weight is 532 g/mol. The van der Waals surface area contributed by atoms with Crippen LogP contribution in [0.3, 0.4) is 0 Å². The van der Waals surface area contributed by atoms with E-state index < -0.39 is 20.9 Å². The molecule has 35 heavy (non-hydrogen) atoms. The number of nitrogens with zero attached hydrogens (tertiary/aromatic N) is 2. The van der Waals surface area contributed by atoms with Crippen LogP contribution in [-0.2, 0) is 14.9 Å². The number of rotatable bonds is 7. The molecule has 0 unspecified atom stereocenters. The van der Waals surface area contributed by atoms with Crippen molar-refractivity contribution in [2.45, 2.75) is 11.8 Å². The SMILES string of the molecule is Cc1ccc(S(=O)(=O)Oc2ccc(/C=C(\C#N)C(=O)Nc3cccc(Cl)c3Cl)cc2)cc1[N+](=O)[O-]. The van der Waals surface area contributed by atoms with E-state index in [-0.39, 0.29) is 37.6 Å². The van der Waals surface area contributed by atoms with Gasteiger partial charge < -0.3 is 9.50 Å². The molecule has 3 aromatic rings. The Hall–Kier alpha value is -3.91. The molecule has 0 aromatic heterocycles. The number of amides is 1. The van der Waals surface area contributed by atoms with Gasteiger partial charge in [0.2, 0.25) is 0 Å². The molecule has 3 aromatic carbocycles. The number of hydrogen-bond acceptors (Lipinski definition) is 7. The van der Waals surface area contributed by atoms with Gasteiger partial charge in [-0.15, -0.1) is 0 Å². The van der Waals surface area contributed by atoms with Gasteiger partial charge in [-0.1, -0.05) is 47.5 Å². The molecule has 0 bridgehead atoms. The van der Waals surface area contributed by atoms with E-state index in [0.717, 1.165) is 6.07 Å². The number of nitro groups is 1. The normalized spacial score (nSPS) is 11.4. The summed E-state index contributed by atoms with van der Waals surface area (Å²) in [5.74, 6) is -0.792. The summed E-state index contributed by atoms with van der Waals surface area (Å²) in [5, 5.41) is 23.3. The zero-order valence-corrected chi connectivity index (χ0v) is 20.2. The molecule has 1 N–H and O–H groups in total. The Morgan fingerprint density at radius 1 is 1.14 bits per heavy atom. The maximum absolute atomic E-state index is 12.5. The molecule has 178 valence electrons. The van der Waals surface area contributed by atoms with Gasteiger partial charge in [-0.2, -0.15) is 13.7 Å². The molecule has 0 aliphatic carbocycles. The number of nitriles is 1. The summed E-state index contributed by atoms with van der Waals surface area (Å²) in [4.78, 5) is 22.5. The summed E-state index contributed by atoms with van der Waals surface area (Å²) in [5.41, 5.74) is 0.353. The summed E-state index contributed by atoms with van der Waals surface area (Å²) in [6.45, 7) is 1.49. The van der Waals surface area contributed by atoms with Crippen molar-refractivity contribution in [2.75, 3.05) is 5.32 Å². The smallest absolute Gasteiger partial charge is 0.339 e. The Kier molecular flexibility index (Phi) is 7.76. The minimum Gasteiger partial charge on any atom is -0.379 e.